The van der Waals surface area contributed by atoms with Crippen molar-refractivity contribution >= 4 is 18.2 Å². The van der Waals surface area contributed by atoms with Gasteiger partial charge in [-0.05, 0) is 100 Å². The van der Waals surface area contributed by atoms with E-state index in [9.17, 15) is 29.7 Å². The Morgan fingerprint density at radius 1 is 0.922 bits per heavy atom. The van der Waals surface area contributed by atoms with Crippen LogP contribution >= 0.6 is 0 Å². The van der Waals surface area contributed by atoms with Gasteiger partial charge in [0.25, 0.3) is 0 Å². The first kappa shape index (κ1) is 54.3. The summed E-state index contributed by atoms with van der Waals surface area (Å²) in [5.74, 6) is -2.75. The molecule has 368 valence electrons. The van der Waals surface area contributed by atoms with E-state index >= 15 is 0 Å². The largest absolute Gasteiger partial charge is 0.462 e. The van der Waals surface area contributed by atoms with Crippen molar-refractivity contribution in [1.29, 1.82) is 0 Å². The van der Waals surface area contributed by atoms with Gasteiger partial charge in [0.1, 0.15) is 36.8 Å². The van der Waals surface area contributed by atoms with E-state index in [-0.39, 0.29) is 43.2 Å². The predicted octanol–water partition coefficient (Wildman–Crippen LogP) is 4.54. The van der Waals surface area contributed by atoms with Gasteiger partial charge < -0.3 is 67.8 Å². The smallest absolute Gasteiger partial charge is 0.309 e. The second kappa shape index (κ2) is 24.1. The van der Waals surface area contributed by atoms with Crippen molar-refractivity contribution in [2.24, 2.45) is 23.7 Å². The van der Waals surface area contributed by atoms with Crippen LogP contribution in [0.4, 0.5) is 0 Å². The van der Waals surface area contributed by atoms with Crippen LogP contribution in [0.2, 0.25) is 0 Å². The molecular weight excluding hydrogens is 829 g/mol. The number of allylic oxidation sites excluding steroid dienone is 2. The number of ether oxygens (including phenoxy) is 8. The summed E-state index contributed by atoms with van der Waals surface area (Å²) in [6, 6.07) is -0.465. The van der Waals surface area contributed by atoms with Crippen molar-refractivity contribution in [3.05, 3.63) is 23.8 Å². The molecule has 20 atom stereocenters. The summed E-state index contributed by atoms with van der Waals surface area (Å²) >= 11 is 0. The normalized spacial score (nSPS) is 44.7. The molecule has 64 heavy (non-hydrogen) atoms. The van der Waals surface area contributed by atoms with Crippen molar-refractivity contribution in [1.82, 2.24) is 9.80 Å². The molecule has 4 rings (SSSR count). The zero-order chi connectivity index (χ0) is 47.8. The van der Waals surface area contributed by atoms with Crippen molar-refractivity contribution < 1.29 is 67.6 Å². The van der Waals surface area contributed by atoms with Crippen molar-refractivity contribution in [3.8, 4) is 0 Å². The van der Waals surface area contributed by atoms with Gasteiger partial charge in [-0.2, -0.15) is 0 Å². The van der Waals surface area contributed by atoms with Crippen molar-refractivity contribution in [2.75, 3.05) is 28.2 Å². The Morgan fingerprint density at radius 3 is 2.17 bits per heavy atom. The van der Waals surface area contributed by atoms with Crippen LogP contribution in [0.1, 0.15) is 114 Å². The van der Waals surface area contributed by atoms with Crippen LogP contribution in [0.5, 0.6) is 0 Å². The maximum atomic E-state index is 13.8. The van der Waals surface area contributed by atoms with E-state index in [2.05, 4.69) is 24.8 Å². The average Bonchev–Trinajstić information content (AvgIpc) is 3.19. The molecule has 0 spiro atoms. The third-order valence-electron chi connectivity index (χ3n) is 13.8. The van der Waals surface area contributed by atoms with E-state index in [1.54, 1.807) is 32.8 Å². The van der Waals surface area contributed by atoms with Gasteiger partial charge in [0, 0.05) is 37.6 Å². The lowest BCUT2D eigenvalue weighted by Crippen LogP contribution is -2.65. The van der Waals surface area contributed by atoms with Crippen LogP contribution in [0.25, 0.3) is 0 Å². The quantitative estimate of drug-likeness (QED) is 0.183. The second-order valence-corrected chi connectivity index (χ2v) is 19.8. The van der Waals surface area contributed by atoms with Gasteiger partial charge in [0.05, 0.1) is 48.6 Å². The fraction of sp³-hybridized carbons (Fsp3) is 0.854. The molecule has 0 radical (unpaired) electrons. The summed E-state index contributed by atoms with van der Waals surface area (Å²) in [4.78, 5) is 43.2. The Bertz CT molecular complexity index is 1560. The molecular formula is C48H82N2O14. The van der Waals surface area contributed by atoms with E-state index in [0.29, 0.717) is 19.3 Å². The van der Waals surface area contributed by atoms with Crippen molar-refractivity contribution in [2.45, 2.75) is 212 Å². The highest BCUT2D eigenvalue weighted by molar-refractivity contribution is 5.71. The monoisotopic (exact) mass is 911 g/mol. The van der Waals surface area contributed by atoms with Crippen LogP contribution in [-0.4, -0.2) is 169 Å². The fourth-order valence-corrected chi connectivity index (χ4v) is 10.2. The summed E-state index contributed by atoms with van der Waals surface area (Å²) in [7, 11) is 7.69. The summed E-state index contributed by atoms with van der Waals surface area (Å²) in [6.45, 7) is 18.1. The first-order valence-corrected chi connectivity index (χ1v) is 23.5. The molecule has 3 saturated heterocycles. The molecule has 0 amide bonds. The summed E-state index contributed by atoms with van der Waals surface area (Å²) in [6.07, 6.45) is -0.942. The van der Waals surface area contributed by atoms with Crippen LogP contribution in [0.3, 0.4) is 0 Å². The predicted molar refractivity (Wildman–Crippen MR) is 239 cm³/mol. The van der Waals surface area contributed by atoms with Gasteiger partial charge in [-0.15, -0.1) is 0 Å². The number of aliphatic hydroxyl groups excluding tert-OH is 2. The first-order valence-electron chi connectivity index (χ1n) is 23.5. The van der Waals surface area contributed by atoms with Crippen LogP contribution in [0, 0.1) is 23.7 Å². The number of esters is 2. The number of aliphatic hydroxyl groups is 3. The third kappa shape index (κ3) is 14.3. The lowest BCUT2D eigenvalue weighted by molar-refractivity contribution is -0.342. The number of hydrogen-bond acceptors (Lipinski definition) is 16. The molecule has 3 fully saturated rings. The SMILES string of the molecule is CCC1OC(=O)CC(OC(C)=O)[C@H](C)C(O[C@@H]2O[C@H](C)[C@@H](O[C@H]3C[C@@](C)(O)[C@@H](O)[C@H](C)O3)[C@H](N(C)C)[C@H]2O)[C@@H](CC=O)C[C@@H](C)C(O[C@H]2CC[C@H](N(C)C)[C@@H](C)O2)/C=C\C(C)=C\[C@@H]1C. The summed E-state index contributed by atoms with van der Waals surface area (Å²) < 4.78 is 51.0. The van der Waals surface area contributed by atoms with Crippen LogP contribution < -0.4 is 0 Å². The van der Waals surface area contributed by atoms with E-state index in [0.717, 1.165) is 18.3 Å². The van der Waals surface area contributed by atoms with Gasteiger partial charge in [-0.3, -0.25) is 9.59 Å². The second-order valence-electron chi connectivity index (χ2n) is 19.8. The van der Waals surface area contributed by atoms with E-state index in [4.69, 9.17) is 37.9 Å². The van der Waals surface area contributed by atoms with Gasteiger partial charge in [-0.25, -0.2) is 0 Å². The molecule has 4 aliphatic rings. The zero-order valence-corrected chi connectivity index (χ0v) is 41.0. The molecule has 0 aromatic heterocycles. The Kier molecular flexibility index (Phi) is 20.4. The van der Waals surface area contributed by atoms with Gasteiger partial charge in [-0.1, -0.05) is 51.5 Å². The molecule has 4 unspecified atom stereocenters. The van der Waals surface area contributed by atoms with Gasteiger partial charge in [0.2, 0.25) is 0 Å². The topological polar surface area (TPSA) is 192 Å². The Hall–Kier alpha value is -2.35. The number of likely N-dealkylation sites (N-methyl/N-ethyl adjacent to an activating group) is 2. The van der Waals surface area contributed by atoms with E-state index < -0.39 is 109 Å². The highest BCUT2D eigenvalue weighted by atomic mass is 16.7. The highest BCUT2D eigenvalue weighted by Crippen LogP contribution is 2.39. The molecule has 0 aliphatic carbocycles. The fourth-order valence-electron chi connectivity index (χ4n) is 10.2. The molecule has 16 nitrogen and oxygen atoms in total. The highest BCUT2D eigenvalue weighted by Gasteiger charge is 2.51. The number of carbonyl (C=O) groups excluding carboxylic acids is 3. The van der Waals surface area contributed by atoms with Gasteiger partial charge in [0.15, 0.2) is 18.9 Å². The third-order valence-corrected chi connectivity index (χ3v) is 13.8. The van der Waals surface area contributed by atoms with Crippen LogP contribution in [0.15, 0.2) is 23.8 Å². The maximum Gasteiger partial charge on any atom is 0.309 e. The number of rotatable bonds is 12. The van der Waals surface area contributed by atoms with Crippen LogP contribution in [-0.2, 0) is 52.3 Å². The average molecular weight is 911 g/mol. The lowest BCUT2D eigenvalue weighted by Gasteiger charge is -2.50. The number of hydrogen-bond donors (Lipinski definition) is 3. The molecule has 0 bridgehead atoms. The minimum Gasteiger partial charge on any atom is -0.462 e. The first-order chi connectivity index (χ1) is 30.0. The van der Waals surface area contributed by atoms with Gasteiger partial charge >= 0.3 is 11.9 Å². The van der Waals surface area contributed by atoms with E-state index in [1.807, 2.05) is 53.9 Å². The Labute approximate surface area is 382 Å². The molecule has 4 aliphatic heterocycles. The summed E-state index contributed by atoms with van der Waals surface area (Å²) in [5, 5.41) is 33.7. The maximum absolute atomic E-state index is 13.8. The minimum atomic E-state index is -1.48. The molecule has 0 aromatic rings. The zero-order valence-electron chi connectivity index (χ0n) is 41.0. The van der Waals surface area contributed by atoms with E-state index in [1.165, 1.54) is 13.8 Å². The lowest BCUT2D eigenvalue weighted by atomic mass is 9.79. The Balaban J connectivity index is 1.75. The number of cyclic esters (lactones) is 1. The molecule has 16 heteroatoms. The molecule has 0 aromatic carbocycles. The summed E-state index contributed by atoms with van der Waals surface area (Å²) in [5.41, 5.74) is -0.517. The molecule has 4 heterocycles. The number of carbonyl (C=O) groups is 3. The minimum absolute atomic E-state index is 0.0147. The number of nitrogens with zero attached hydrogens (tertiary/aromatic N) is 2. The Morgan fingerprint density at radius 2 is 1.59 bits per heavy atom. The molecule has 0 saturated carbocycles. The van der Waals surface area contributed by atoms with Crippen molar-refractivity contribution in [3.63, 3.8) is 0 Å². The number of aldehydes is 1. The standard InChI is InChI=1S/C48H82N2O14/c1-15-36-27(3)22-26(2)16-18-37(62-40-19-17-35(49(11)12)30(6)57-40)28(4)23-34(20-21-51)44(29(5)38(60-33(9)52)24-39(53)61-36)64-47-43(54)42(50(13)14)45(31(7)59-47)63-41-25-48(10,56)46(55)32(8)58-41/h16,18,21-22,27-32,34-38,40-47,54-56H,15,17,19-20,23-25H2,1-14H3/b18-16-,26-22+/t27-,28+,29-,30+,31+,32-,34-,35-,36?,37?,38?,40-,41-,42+,43+,44?,45+,46-,47-,48+/m0/s1. The molecule has 3 N–H and O–H groups in total.